The summed E-state index contributed by atoms with van der Waals surface area (Å²) >= 11 is 5.73. The molecule has 3 nitrogen and oxygen atoms in total. The Bertz CT molecular complexity index is 651. The second kappa shape index (κ2) is 5.65. The quantitative estimate of drug-likeness (QED) is 0.838. The lowest BCUT2D eigenvalue weighted by Crippen LogP contribution is -2.40. The molecule has 2 atom stereocenters. The van der Waals surface area contributed by atoms with Gasteiger partial charge in [0.15, 0.2) is 4.34 Å². The standard InChI is InChI=1S/C15H18N2OS3/c16-10-1-2-12-13(7-10)21-14(17-12)20-11-3-5-18-15(8-11)4-6-19-9-15/h1-2,7,11H,3-6,8-9,16H2. The third-order valence-corrected chi connectivity index (χ3v) is 7.78. The topological polar surface area (TPSA) is 48.1 Å². The van der Waals surface area contributed by atoms with Crippen molar-refractivity contribution in [2.75, 3.05) is 23.8 Å². The summed E-state index contributed by atoms with van der Waals surface area (Å²) < 4.78 is 8.46. The third-order valence-electron chi connectivity index (χ3n) is 4.18. The first kappa shape index (κ1) is 14.2. The molecule has 2 unspecified atom stereocenters. The van der Waals surface area contributed by atoms with Crippen molar-refractivity contribution in [2.24, 2.45) is 0 Å². The van der Waals surface area contributed by atoms with Crippen LogP contribution in [0, 0.1) is 0 Å². The first-order valence-electron chi connectivity index (χ1n) is 7.27. The van der Waals surface area contributed by atoms with Crippen molar-refractivity contribution in [2.45, 2.75) is 34.5 Å². The summed E-state index contributed by atoms with van der Waals surface area (Å²) in [6, 6.07) is 5.97. The van der Waals surface area contributed by atoms with E-state index >= 15 is 0 Å². The van der Waals surface area contributed by atoms with Crippen LogP contribution < -0.4 is 5.73 Å². The minimum absolute atomic E-state index is 0.154. The number of rotatable bonds is 2. The highest BCUT2D eigenvalue weighted by Gasteiger charge is 2.40. The molecule has 0 radical (unpaired) electrons. The molecule has 0 bridgehead atoms. The largest absolute Gasteiger partial charge is 0.399 e. The van der Waals surface area contributed by atoms with Gasteiger partial charge in [0.05, 0.1) is 15.8 Å². The SMILES string of the molecule is Nc1ccc2nc(SC3CCOC4(CCSC4)C3)sc2c1. The highest BCUT2D eigenvalue weighted by atomic mass is 32.2. The van der Waals surface area contributed by atoms with Crippen LogP contribution in [0.5, 0.6) is 0 Å². The zero-order valence-corrected chi connectivity index (χ0v) is 14.2. The van der Waals surface area contributed by atoms with Gasteiger partial charge in [-0.2, -0.15) is 11.8 Å². The molecule has 2 aromatic rings. The molecule has 2 N–H and O–H groups in total. The van der Waals surface area contributed by atoms with E-state index in [2.05, 4.69) is 0 Å². The maximum atomic E-state index is 6.10. The molecule has 21 heavy (non-hydrogen) atoms. The molecule has 112 valence electrons. The highest BCUT2D eigenvalue weighted by molar-refractivity contribution is 8.01. The number of benzene rings is 1. The number of aromatic nitrogens is 1. The van der Waals surface area contributed by atoms with E-state index in [9.17, 15) is 0 Å². The van der Waals surface area contributed by atoms with Gasteiger partial charge in [0.2, 0.25) is 0 Å². The van der Waals surface area contributed by atoms with Crippen molar-refractivity contribution in [1.29, 1.82) is 0 Å². The molecule has 0 amide bonds. The van der Waals surface area contributed by atoms with Crippen molar-refractivity contribution < 1.29 is 4.74 Å². The first-order chi connectivity index (χ1) is 10.2. The summed E-state index contributed by atoms with van der Waals surface area (Å²) in [5.74, 6) is 2.41. The third kappa shape index (κ3) is 2.91. The van der Waals surface area contributed by atoms with Crippen molar-refractivity contribution in [3.8, 4) is 0 Å². The fourth-order valence-electron chi connectivity index (χ4n) is 3.06. The number of anilines is 1. The number of ether oxygens (including phenoxy) is 1. The van der Waals surface area contributed by atoms with Crippen LogP contribution in [0.15, 0.2) is 22.5 Å². The monoisotopic (exact) mass is 338 g/mol. The van der Waals surface area contributed by atoms with Crippen LogP contribution in [0.1, 0.15) is 19.3 Å². The smallest absolute Gasteiger partial charge is 0.151 e. The number of nitrogens with two attached hydrogens (primary N) is 1. The van der Waals surface area contributed by atoms with Crippen LogP contribution in [0.4, 0.5) is 5.69 Å². The van der Waals surface area contributed by atoms with Gasteiger partial charge in [0, 0.05) is 23.3 Å². The number of fused-ring (bicyclic) bond motifs is 1. The number of nitrogen functional groups attached to an aromatic ring is 1. The van der Waals surface area contributed by atoms with Gasteiger partial charge in [0.1, 0.15) is 0 Å². The van der Waals surface area contributed by atoms with Crippen LogP contribution in [0.2, 0.25) is 0 Å². The average molecular weight is 339 g/mol. The van der Waals surface area contributed by atoms with Gasteiger partial charge < -0.3 is 10.5 Å². The summed E-state index contributed by atoms with van der Waals surface area (Å²) in [4.78, 5) is 4.74. The van der Waals surface area contributed by atoms with Crippen molar-refractivity contribution in [1.82, 2.24) is 4.98 Å². The zero-order chi connectivity index (χ0) is 14.3. The van der Waals surface area contributed by atoms with E-state index in [1.54, 1.807) is 11.3 Å². The molecule has 2 aliphatic heterocycles. The minimum Gasteiger partial charge on any atom is -0.399 e. The summed E-state index contributed by atoms with van der Waals surface area (Å²) in [5.41, 5.74) is 7.88. The second-order valence-electron chi connectivity index (χ2n) is 5.77. The molecule has 2 fully saturated rings. The number of nitrogens with zero attached hydrogens (tertiary/aromatic N) is 1. The lowest BCUT2D eigenvalue weighted by atomic mass is 9.93. The molecule has 3 heterocycles. The Hall–Kier alpha value is -0.430. The van der Waals surface area contributed by atoms with E-state index in [0.29, 0.717) is 5.25 Å². The van der Waals surface area contributed by atoms with Crippen molar-refractivity contribution in [3.63, 3.8) is 0 Å². The minimum atomic E-state index is 0.154. The number of hydrogen-bond donors (Lipinski definition) is 1. The van der Waals surface area contributed by atoms with Gasteiger partial charge in [-0.15, -0.1) is 11.3 Å². The van der Waals surface area contributed by atoms with Gasteiger partial charge in [-0.05, 0) is 43.2 Å². The van der Waals surface area contributed by atoms with E-state index in [0.717, 1.165) is 24.2 Å². The van der Waals surface area contributed by atoms with E-state index in [4.69, 9.17) is 15.5 Å². The Kier molecular flexibility index (Phi) is 3.81. The van der Waals surface area contributed by atoms with Crippen molar-refractivity contribution in [3.05, 3.63) is 18.2 Å². The molecule has 4 rings (SSSR count). The second-order valence-corrected chi connectivity index (χ2v) is 9.46. The Balaban J connectivity index is 1.51. The van der Waals surface area contributed by atoms with Gasteiger partial charge in [0.25, 0.3) is 0 Å². The van der Waals surface area contributed by atoms with Gasteiger partial charge in [-0.25, -0.2) is 4.98 Å². The van der Waals surface area contributed by atoms with Crippen molar-refractivity contribution >= 4 is 50.8 Å². The maximum Gasteiger partial charge on any atom is 0.151 e. The van der Waals surface area contributed by atoms with E-state index in [1.165, 1.54) is 33.4 Å². The Morgan fingerprint density at radius 3 is 3.24 bits per heavy atom. The molecule has 0 aliphatic carbocycles. The molecule has 1 aromatic carbocycles. The van der Waals surface area contributed by atoms with E-state index in [-0.39, 0.29) is 5.60 Å². The average Bonchev–Trinajstić information content (AvgIpc) is 3.05. The predicted octanol–water partition coefficient (Wildman–Crippen LogP) is 4.03. The zero-order valence-electron chi connectivity index (χ0n) is 11.7. The Morgan fingerprint density at radius 1 is 1.43 bits per heavy atom. The number of thioether (sulfide) groups is 2. The normalized spacial score (nSPS) is 29.4. The molecule has 0 saturated carbocycles. The fourth-order valence-corrected chi connectivity index (χ4v) is 7.09. The lowest BCUT2D eigenvalue weighted by Gasteiger charge is -2.37. The van der Waals surface area contributed by atoms with E-state index < -0.39 is 0 Å². The van der Waals surface area contributed by atoms with Crippen LogP contribution in [0.3, 0.4) is 0 Å². The van der Waals surface area contributed by atoms with Crippen LogP contribution >= 0.6 is 34.9 Å². The van der Waals surface area contributed by atoms with Crippen LogP contribution in [-0.2, 0) is 4.74 Å². The summed E-state index contributed by atoms with van der Waals surface area (Å²) in [6.07, 6.45) is 3.52. The molecular weight excluding hydrogens is 320 g/mol. The fraction of sp³-hybridized carbons (Fsp3) is 0.533. The van der Waals surface area contributed by atoms with Crippen LogP contribution in [-0.4, -0.2) is 33.9 Å². The molecule has 2 saturated heterocycles. The first-order valence-corrected chi connectivity index (χ1v) is 10.1. The van der Waals surface area contributed by atoms with Gasteiger partial charge in [-0.3, -0.25) is 0 Å². The summed E-state index contributed by atoms with van der Waals surface area (Å²) in [5, 5.41) is 0.635. The predicted molar refractivity (Wildman–Crippen MR) is 93.5 cm³/mol. The Morgan fingerprint density at radius 2 is 2.38 bits per heavy atom. The lowest BCUT2D eigenvalue weighted by molar-refractivity contribution is -0.0562. The van der Waals surface area contributed by atoms with Gasteiger partial charge in [-0.1, -0.05) is 11.8 Å². The Labute approximate surface area is 137 Å². The molecular formula is C15H18N2OS3. The van der Waals surface area contributed by atoms with Gasteiger partial charge >= 0.3 is 0 Å². The molecule has 6 heteroatoms. The number of hydrogen-bond acceptors (Lipinski definition) is 6. The van der Waals surface area contributed by atoms with E-state index in [1.807, 2.05) is 41.7 Å². The van der Waals surface area contributed by atoms with Crippen LogP contribution in [0.25, 0.3) is 10.2 Å². The molecule has 1 aromatic heterocycles. The maximum absolute atomic E-state index is 6.10. The highest BCUT2D eigenvalue weighted by Crippen LogP contribution is 2.44. The summed E-state index contributed by atoms with van der Waals surface area (Å²) in [6.45, 7) is 0.899. The number of thiazole rings is 1. The molecule has 1 spiro atoms. The summed E-state index contributed by atoms with van der Waals surface area (Å²) in [7, 11) is 0. The molecule has 2 aliphatic rings.